The van der Waals surface area contributed by atoms with Crippen LogP contribution in [0.25, 0.3) is 0 Å². The molecule has 74 valence electrons. The van der Waals surface area contributed by atoms with E-state index < -0.39 is 5.79 Å². The Balaban J connectivity index is 3.70. The summed E-state index contributed by atoms with van der Waals surface area (Å²) in [6.07, 6.45) is 0.688. The molecule has 0 heterocycles. The Labute approximate surface area is 73.1 Å². The number of ether oxygens (including phenoxy) is 2. The van der Waals surface area contributed by atoms with Gasteiger partial charge in [-0.1, -0.05) is 6.92 Å². The minimum absolute atomic E-state index is 0.0158. The van der Waals surface area contributed by atoms with Crippen LogP contribution in [0.15, 0.2) is 0 Å². The SMILES string of the molecule is CCC(C)(OCCO)OCCO. The number of hydrogen-bond donors (Lipinski definition) is 2. The van der Waals surface area contributed by atoms with Gasteiger partial charge in [0.2, 0.25) is 0 Å². The van der Waals surface area contributed by atoms with Crippen LogP contribution in [0.5, 0.6) is 0 Å². The van der Waals surface area contributed by atoms with Crippen molar-refractivity contribution < 1.29 is 19.7 Å². The summed E-state index contributed by atoms with van der Waals surface area (Å²) in [4.78, 5) is 0. The lowest BCUT2D eigenvalue weighted by Gasteiger charge is -2.28. The second-order valence-corrected chi connectivity index (χ2v) is 2.63. The fourth-order valence-electron chi connectivity index (χ4n) is 0.769. The third-order valence-corrected chi connectivity index (χ3v) is 1.64. The molecule has 12 heavy (non-hydrogen) atoms. The predicted molar refractivity (Wildman–Crippen MR) is 44.8 cm³/mol. The first kappa shape index (κ1) is 11.8. The van der Waals surface area contributed by atoms with Gasteiger partial charge in [0.05, 0.1) is 26.4 Å². The fraction of sp³-hybridized carbons (Fsp3) is 1.00. The molecule has 0 aromatic carbocycles. The van der Waals surface area contributed by atoms with Crippen LogP contribution in [-0.4, -0.2) is 42.4 Å². The lowest BCUT2D eigenvalue weighted by atomic mass is 10.2. The number of rotatable bonds is 7. The van der Waals surface area contributed by atoms with Gasteiger partial charge in [-0.05, 0) is 13.3 Å². The van der Waals surface area contributed by atoms with Crippen LogP contribution >= 0.6 is 0 Å². The first-order valence-corrected chi connectivity index (χ1v) is 4.18. The maximum Gasteiger partial charge on any atom is 0.165 e. The van der Waals surface area contributed by atoms with Crippen molar-refractivity contribution in [3.8, 4) is 0 Å². The summed E-state index contributed by atoms with van der Waals surface area (Å²) in [5, 5.41) is 17.0. The molecule has 4 heteroatoms. The molecule has 0 radical (unpaired) electrons. The van der Waals surface area contributed by atoms with Gasteiger partial charge < -0.3 is 19.7 Å². The second-order valence-electron chi connectivity index (χ2n) is 2.63. The Morgan fingerprint density at radius 3 is 1.75 bits per heavy atom. The van der Waals surface area contributed by atoms with E-state index in [4.69, 9.17) is 19.7 Å². The van der Waals surface area contributed by atoms with E-state index in [1.165, 1.54) is 0 Å². The maximum atomic E-state index is 8.52. The van der Waals surface area contributed by atoms with E-state index in [-0.39, 0.29) is 26.4 Å². The minimum atomic E-state index is -0.675. The lowest BCUT2D eigenvalue weighted by molar-refractivity contribution is -0.233. The molecule has 4 nitrogen and oxygen atoms in total. The zero-order chi connectivity index (χ0) is 9.45. The second kappa shape index (κ2) is 6.37. The topological polar surface area (TPSA) is 58.9 Å². The van der Waals surface area contributed by atoms with Gasteiger partial charge >= 0.3 is 0 Å². The highest BCUT2D eigenvalue weighted by Crippen LogP contribution is 2.16. The van der Waals surface area contributed by atoms with E-state index in [1.54, 1.807) is 6.92 Å². The first-order chi connectivity index (χ1) is 5.68. The summed E-state index contributed by atoms with van der Waals surface area (Å²) >= 11 is 0. The number of aliphatic hydroxyl groups is 2. The van der Waals surface area contributed by atoms with Crippen molar-refractivity contribution in [2.24, 2.45) is 0 Å². The molecule has 0 amide bonds. The molecule has 0 atom stereocenters. The van der Waals surface area contributed by atoms with Crippen LogP contribution < -0.4 is 0 Å². The minimum Gasteiger partial charge on any atom is -0.394 e. The fourth-order valence-corrected chi connectivity index (χ4v) is 0.769. The van der Waals surface area contributed by atoms with Crippen LogP contribution in [0, 0.1) is 0 Å². The van der Waals surface area contributed by atoms with Crippen LogP contribution in [-0.2, 0) is 9.47 Å². The molecule has 0 aromatic heterocycles. The molecular weight excluding hydrogens is 160 g/mol. The first-order valence-electron chi connectivity index (χ1n) is 4.18. The lowest BCUT2D eigenvalue weighted by Crippen LogP contribution is -2.33. The van der Waals surface area contributed by atoms with E-state index in [2.05, 4.69) is 0 Å². The van der Waals surface area contributed by atoms with Gasteiger partial charge in [0.25, 0.3) is 0 Å². The Morgan fingerprint density at radius 2 is 1.50 bits per heavy atom. The Morgan fingerprint density at radius 1 is 1.08 bits per heavy atom. The van der Waals surface area contributed by atoms with E-state index in [0.29, 0.717) is 6.42 Å². The van der Waals surface area contributed by atoms with Gasteiger partial charge in [0.1, 0.15) is 0 Å². The normalized spacial score (nSPS) is 12.0. The van der Waals surface area contributed by atoms with E-state index in [1.807, 2.05) is 6.92 Å². The van der Waals surface area contributed by atoms with Crippen molar-refractivity contribution in [1.82, 2.24) is 0 Å². The van der Waals surface area contributed by atoms with Gasteiger partial charge in [-0.2, -0.15) is 0 Å². The average Bonchev–Trinajstić information content (AvgIpc) is 2.11. The van der Waals surface area contributed by atoms with E-state index in [0.717, 1.165) is 0 Å². The Hall–Kier alpha value is -0.160. The van der Waals surface area contributed by atoms with Crippen molar-refractivity contribution >= 4 is 0 Å². The van der Waals surface area contributed by atoms with Crippen molar-refractivity contribution in [2.75, 3.05) is 26.4 Å². The molecule has 0 saturated heterocycles. The molecule has 0 rings (SSSR count). The van der Waals surface area contributed by atoms with Crippen molar-refractivity contribution in [2.45, 2.75) is 26.1 Å². The van der Waals surface area contributed by atoms with E-state index in [9.17, 15) is 0 Å². The molecule has 0 aromatic rings. The van der Waals surface area contributed by atoms with Gasteiger partial charge in [-0.25, -0.2) is 0 Å². The molecule has 0 unspecified atom stereocenters. The highest BCUT2D eigenvalue weighted by molar-refractivity contribution is 4.59. The van der Waals surface area contributed by atoms with Gasteiger partial charge in [-0.3, -0.25) is 0 Å². The smallest absolute Gasteiger partial charge is 0.165 e. The zero-order valence-corrected chi connectivity index (χ0v) is 7.75. The molecule has 0 aliphatic carbocycles. The van der Waals surface area contributed by atoms with E-state index >= 15 is 0 Å². The molecular formula is C8H18O4. The van der Waals surface area contributed by atoms with Gasteiger partial charge in [-0.15, -0.1) is 0 Å². The van der Waals surface area contributed by atoms with Gasteiger partial charge in [0, 0.05) is 0 Å². The predicted octanol–water partition coefficient (Wildman–Crippen LogP) is 0.130. The van der Waals surface area contributed by atoms with Crippen LogP contribution in [0.2, 0.25) is 0 Å². The third kappa shape index (κ3) is 4.66. The summed E-state index contributed by atoms with van der Waals surface area (Å²) in [7, 11) is 0. The Kier molecular flexibility index (Phi) is 6.28. The molecule has 0 bridgehead atoms. The van der Waals surface area contributed by atoms with Crippen molar-refractivity contribution in [3.63, 3.8) is 0 Å². The van der Waals surface area contributed by atoms with Crippen molar-refractivity contribution in [3.05, 3.63) is 0 Å². The molecule has 0 fully saturated rings. The number of hydrogen-bond acceptors (Lipinski definition) is 4. The average molecular weight is 178 g/mol. The van der Waals surface area contributed by atoms with Gasteiger partial charge in [0.15, 0.2) is 5.79 Å². The van der Waals surface area contributed by atoms with Crippen LogP contribution in [0.3, 0.4) is 0 Å². The standard InChI is InChI=1S/C8H18O4/c1-3-8(2,11-6-4-9)12-7-5-10/h9-10H,3-7H2,1-2H3. The zero-order valence-electron chi connectivity index (χ0n) is 7.75. The monoisotopic (exact) mass is 178 g/mol. The summed E-state index contributed by atoms with van der Waals surface area (Å²) in [5.74, 6) is -0.675. The molecule has 0 aliphatic heterocycles. The maximum absolute atomic E-state index is 8.52. The summed E-state index contributed by atoms with van der Waals surface area (Å²) in [5.41, 5.74) is 0. The largest absolute Gasteiger partial charge is 0.394 e. The van der Waals surface area contributed by atoms with Crippen LogP contribution in [0.1, 0.15) is 20.3 Å². The van der Waals surface area contributed by atoms with Crippen molar-refractivity contribution in [1.29, 1.82) is 0 Å². The Bertz CT molecular complexity index is 97.2. The summed E-state index contributed by atoms with van der Waals surface area (Å²) in [6, 6.07) is 0. The number of aliphatic hydroxyl groups excluding tert-OH is 2. The molecule has 0 aliphatic rings. The molecule has 0 spiro atoms. The summed E-state index contributed by atoms with van der Waals surface area (Å²) in [6.45, 7) is 4.20. The quantitative estimate of drug-likeness (QED) is 0.544. The highest BCUT2D eigenvalue weighted by atomic mass is 16.7. The molecule has 0 saturated carbocycles. The van der Waals surface area contributed by atoms with Crippen LogP contribution in [0.4, 0.5) is 0 Å². The third-order valence-electron chi connectivity index (χ3n) is 1.64. The molecule has 2 N–H and O–H groups in total. The highest BCUT2D eigenvalue weighted by Gasteiger charge is 2.22. The summed E-state index contributed by atoms with van der Waals surface area (Å²) < 4.78 is 10.5.